The Labute approximate surface area is 119 Å². The molecule has 110 valence electrons. The Balaban J connectivity index is 2.05. The number of hydrogen-bond acceptors (Lipinski definition) is 5. The number of nitrogens with two attached hydrogens (primary N) is 1. The largest absolute Gasteiger partial charge is 0.740 e. The lowest BCUT2D eigenvalue weighted by Crippen LogP contribution is -2.41. The van der Waals surface area contributed by atoms with Crippen molar-refractivity contribution in [3.05, 3.63) is 10.9 Å². The van der Waals surface area contributed by atoms with Crippen LogP contribution in [0.1, 0.15) is 37.8 Å². The van der Waals surface area contributed by atoms with Gasteiger partial charge in [-0.25, -0.2) is 4.73 Å². The van der Waals surface area contributed by atoms with Gasteiger partial charge in [0.2, 0.25) is 5.82 Å². The van der Waals surface area contributed by atoms with Crippen molar-refractivity contribution in [1.82, 2.24) is 4.98 Å². The molecule has 2 fully saturated rings. The molecule has 0 amide bonds. The molecule has 3 rings (SSSR count). The second-order valence-electron chi connectivity index (χ2n) is 5.76. The Morgan fingerprint density at radius 3 is 2.20 bits per heavy atom. The second-order valence-corrected chi connectivity index (χ2v) is 5.76. The molecule has 0 atom stereocenters. The van der Waals surface area contributed by atoms with E-state index in [4.69, 9.17) is 5.73 Å². The van der Waals surface area contributed by atoms with Crippen molar-refractivity contribution in [2.75, 3.05) is 41.7 Å². The number of rotatable bonds is 2. The van der Waals surface area contributed by atoms with Gasteiger partial charge in [-0.3, -0.25) is 5.73 Å². The van der Waals surface area contributed by atoms with Crippen LogP contribution in [0.5, 0.6) is 0 Å². The normalized spacial score (nSPS) is 19.6. The van der Waals surface area contributed by atoms with Crippen LogP contribution in [-0.4, -0.2) is 31.2 Å². The summed E-state index contributed by atoms with van der Waals surface area (Å²) in [7, 11) is 0. The van der Waals surface area contributed by atoms with Crippen LogP contribution in [0.25, 0.3) is 0 Å². The smallest absolute Gasteiger partial charge is 0.392 e. The van der Waals surface area contributed by atoms with E-state index >= 15 is 0 Å². The Bertz CT molecular complexity index is 493. The highest BCUT2D eigenvalue weighted by molar-refractivity contribution is 5.70. The maximum atomic E-state index is 12.1. The van der Waals surface area contributed by atoms with Gasteiger partial charge in [0.1, 0.15) is 11.4 Å². The van der Waals surface area contributed by atoms with Crippen LogP contribution >= 0.6 is 0 Å². The summed E-state index contributed by atoms with van der Waals surface area (Å²) in [6, 6.07) is 0. The van der Waals surface area contributed by atoms with E-state index in [0.717, 1.165) is 42.4 Å². The molecule has 6 nitrogen and oxygen atoms in total. The van der Waals surface area contributed by atoms with Gasteiger partial charge in [0.15, 0.2) is 0 Å². The maximum Gasteiger partial charge on any atom is 0.392 e. The monoisotopic (exact) mass is 277 g/mol. The SMILES string of the molecule is Cc1c(N2CCCCC2)c(N2CCCC2)nc(N)[n+]1[O-]. The first-order chi connectivity index (χ1) is 9.68. The molecule has 1 aromatic heterocycles. The van der Waals surface area contributed by atoms with Crippen molar-refractivity contribution in [2.45, 2.75) is 39.0 Å². The van der Waals surface area contributed by atoms with Crippen LogP contribution in [0.4, 0.5) is 17.5 Å². The van der Waals surface area contributed by atoms with E-state index in [9.17, 15) is 5.21 Å². The van der Waals surface area contributed by atoms with E-state index in [-0.39, 0.29) is 5.95 Å². The lowest BCUT2D eigenvalue weighted by Gasteiger charge is -2.32. The molecule has 0 unspecified atom stereocenters. The van der Waals surface area contributed by atoms with Crippen LogP contribution < -0.4 is 20.3 Å². The Morgan fingerprint density at radius 2 is 1.55 bits per heavy atom. The van der Waals surface area contributed by atoms with Crippen LogP contribution in [0.3, 0.4) is 0 Å². The average molecular weight is 277 g/mol. The molecule has 2 aliphatic rings. The summed E-state index contributed by atoms with van der Waals surface area (Å²) in [5.74, 6) is 0.969. The number of aromatic nitrogens is 2. The van der Waals surface area contributed by atoms with Crippen molar-refractivity contribution in [3.8, 4) is 0 Å². The number of anilines is 3. The minimum absolute atomic E-state index is 0.0603. The van der Waals surface area contributed by atoms with E-state index in [2.05, 4.69) is 14.8 Å². The minimum atomic E-state index is 0.0603. The molecule has 2 saturated heterocycles. The van der Waals surface area contributed by atoms with Crippen molar-refractivity contribution in [3.63, 3.8) is 0 Å². The molecule has 0 spiro atoms. The van der Waals surface area contributed by atoms with Gasteiger partial charge in [-0.05, 0) is 39.0 Å². The molecule has 2 aliphatic heterocycles. The number of hydrogen-bond donors (Lipinski definition) is 1. The number of nitrogen functional groups attached to an aromatic ring is 1. The molecule has 1 aromatic rings. The lowest BCUT2D eigenvalue weighted by molar-refractivity contribution is -0.598. The Hall–Kier alpha value is -1.72. The number of piperidine rings is 1. The van der Waals surface area contributed by atoms with Gasteiger partial charge < -0.3 is 15.0 Å². The summed E-state index contributed by atoms with van der Waals surface area (Å²) in [4.78, 5) is 8.99. The molecular weight excluding hydrogens is 254 g/mol. The molecule has 0 aliphatic carbocycles. The van der Waals surface area contributed by atoms with Crippen LogP contribution in [0.15, 0.2) is 0 Å². The fourth-order valence-electron chi connectivity index (χ4n) is 3.27. The molecule has 6 heteroatoms. The zero-order valence-electron chi connectivity index (χ0n) is 12.1. The molecule has 0 saturated carbocycles. The van der Waals surface area contributed by atoms with Gasteiger partial charge in [0.25, 0.3) is 0 Å². The summed E-state index contributed by atoms with van der Waals surface area (Å²) in [5.41, 5.74) is 7.46. The van der Waals surface area contributed by atoms with Crippen LogP contribution in [0.2, 0.25) is 0 Å². The molecule has 2 N–H and O–H groups in total. The molecule has 20 heavy (non-hydrogen) atoms. The minimum Gasteiger partial charge on any atom is -0.740 e. The highest BCUT2D eigenvalue weighted by atomic mass is 16.5. The summed E-state index contributed by atoms with van der Waals surface area (Å²) in [6.45, 7) is 5.89. The van der Waals surface area contributed by atoms with Gasteiger partial charge in [0.05, 0.1) is 0 Å². The summed E-state index contributed by atoms with van der Waals surface area (Å²) in [6.07, 6.45) is 6.01. The third-order valence-corrected chi connectivity index (χ3v) is 4.37. The third-order valence-electron chi connectivity index (χ3n) is 4.37. The first kappa shape index (κ1) is 13.3. The fourth-order valence-corrected chi connectivity index (χ4v) is 3.27. The van der Waals surface area contributed by atoms with E-state index in [1.165, 1.54) is 32.1 Å². The van der Waals surface area contributed by atoms with Gasteiger partial charge in [-0.1, -0.05) is 4.98 Å². The topological polar surface area (TPSA) is 72.3 Å². The Kier molecular flexibility index (Phi) is 3.54. The fraction of sp³-hybridized carbons (Fsp3) is 0.714. The van der Waals surface area contributed by atoms with Gasteiger partial charge in [0, 0.05) is 26.2 Å². The summed E-state index contributed by atoms with van der Waals surface area (Å²) in [5, 5.41) is 12.1. The first-order valence-corrected chi connectivity index (χ1v) is 7.58. The third kappa shape index (κ3) is 2.23. The highest BCUT2D eigenvalue weighted by Gasteiger charge is 2.28. The van der Waals surface area contributed by atoms with Crippen LogP contribution in [0, 0.1) is 12.1 Å². The quantitative estimate of drug-likeness (QED) is 0.649. The standard InChI is InChI=1S/C14H23N5O/c1-11-12(17-7-3-2-4-8-17)13(16-14(15)19(11)20)18-9-5-6-10-18/h2-10H2,1H3,(H2,15,16). The predicted molar refractivity (Wildman–Crippen MR) is 79.9 cm³/mol. The van der Waals surface area contributed by atoms with Gasteiger partial charge in [-0.15, -0.1) is 0 Å². The molecule has 0 bridgehead atoms. The second kappa shape index (κ2) is 5.34. The summed E-state index contributed by atoms with van der Waals surface area (Å²) < 4.78 is 0.767. The molecular formula is C14H23N5O. The zero-order valence-corrected chi connectivity index (χ0v) is 12.1. The van der Waals surface area contributed by atoms with Crippen molar-refractivity contribution < 1.29 is 4.73 Å². The van der Waals surface area contributed by atoms with E-state index in [1.807, 2.05) is 6.92 Å². The lowest BCUT2D eigenvalue weighted by atomic mass is 10.1. The van der Waals surface area contributed by atoms with Gasteiger partial charge >= 0.3 is 5.95 Å². The number of nitrogens with zero attached hydrogens (tertiary/aromatic N) is 4. The maximum absolute atomic E-state index is 12.1. The zero-order chi connectivity index (χ0) is 14.1. The predicted octanol–water partition coefficient (Wildman–Crippen LogP) is 1.20. The van der Waals surface area contributed by atoms with E-state index < -0.39 is 0 Å². The first-order valence-electron chi connectivity index (χ1n) is 7.58. The van der Waals surface area contributed by atoms with Crippen molar-refractivity contribution in [2.24, 2.45) is 0 Å². The molecule has 3 heterocycles. The van der Waals surface area contributed by atoms with Crippen molar-refractivity contribution >= 4 is 17.5 Å². The van der Waals surface area contributed by atoms with E-state index in [0.29, 0.717) is 5.69 Å². The van der Waals surface area contributed by atoms with Crippen LogP contribution in [-0.2, 0) is 0 Å². The average Bonchev–Trinajstić information content (AvgIpc) is 2.99. The van der Waals surface area contributed by atoms with E-state index in [1.54, 1.807) is 0 Å². The Morgan fingerprint density at radius 1 is 1.00 bits per heavy atom. The highest BCUT2D eigenvalue weighted by Crippen LogP contribution is 2.33. The summed E-state index contributed by atoms with van der Waals surface area (Å²) >= 11 is 0. The molecule has 0 aromatic carbocycles. The van der Waals surface area contributed by atoms with Gasteiger partial charge in [-0.2, -0.15) is 0 Å². The van der Waals surface area contributed by atoms with Crippen molar-refractivity contribution in [1.29, 1.82) is 0 Å². The molecule has 0 radical (unpaired) electrons.